The molecule has 0 heterocycles. The highest BCUT2D eigenvalue weighted by Gasteiger charge is 2.18. The van der Waals surface area contributed by atoms with Crippen LogP contribution in [0.1, 0.15) is 24.2 Å². The topological polar surface area (TPSA) is 93.5 Å². The number of carbonyl (C=O) groups excluding carboxylic acids is 2. The number of nitrogens with one attached hydrogen (secondary N) is 2. The molecule has 0 aliphatic heterocycles. The quantitative estimate of drug-likeness (QED) is 0.677. The van der Waals surface area contributed by atoms with Crippen molar-refractivity contribution in [1.82, 2.24) is 10.6 Å². The largest absolute Gasteiger partial charge is 0.496 e. The van der Waals surface area contributed by atoms with Gasteiger partial charge in [-0.3, -0.25) is 9.59 Å². The average Bonchev–Trinajstić information content (AvgIpc) is 2.38. The third-order valence-corrected chi connectivity index (χ3v) is 2.56. The average molecular weight is 265 g/mol. The van der Waals surface area contributed by atoms with Crippen LogP contribution in [0.2, 0.25) is 0 Å². The maximum absolute atomic E-state index is 12.1. The van der Waals surface area contributed by atoms with Crippen LogP contribution in [0, 0.1) is 0 Å². The molecule has 104 valence electrons. The first-order valence-electron chi connectivity index (χ1n) is 6.01. The Labute approximate surface area is 112 Å². The summed E-state index contributed by atoms with van der Waals surface area (Å²) in [6, 6.07) is 4.14. The second kappa shape index (κ2) is 6.63. The molecule has 6 nitrogen and oxygen atoms in total. The molecule has 0 bridgehead atoms. The summed E-state index contributed by atoms with van der Waals surface area (Å²) in [5.41, 5.74) is 6.40. The Bertz CT molecular complexity index is 474. The van der Waals surface area contributed by atoms with E-state index < -0.39 is 11.9 Å². The number of hydrogen-bond donors (Lipinski definition) is 3. The Balaban J connectivity index is 2.83. The van der Waals surface area contributed by atoms with E-state index in [1.807, 2.05) is 6.92 Å². The van der Waals surface area contributed by atoms with E-state index in [0.717, 1.165) is 0 Å². The standard InChI is InChI=1S/C13H19N3O3/c1-4-15-12(17)8(2)16-13(18)10-7-9(14)5-6-11(10)19-3/h5-8H,4,14H2,1-3H3,(H,15,17)(H,16,18). The van der Waals surface area contributed by atoms with Crippen LogP contribution >= 0.6 is 0 Å². The van der Waals surface area contributed by atoms with E-state index in [9.17, 15) is 9.59 Å². The highest BCUT2D eigenvalue weighted by molar-refractivity contribution is 6.00. The fraction of sp³-hybridized carbons (Fsp3) is 0.385. The van der Waals surface area contributed by atoms with Gasteiger partial charge in [0.1, 0.15) is 11.8 Å². The molecule has 0 aliphatic carbocycles. The monoisotopic (exact) mass is 265 g/mol. The molecule has 0 radical (unpaired) electrons. The van der Waals surface area contributed by atoms with Crippen molar-refractivity contribution in [2.24, 2.45) is 0 Å². The lowest BCUT2D eigenvalue weighted by Crippen LogP contribution is -2.44. The van der Waals surface area contributed by atoms with Gasteiger partial charge in [-0.25, -0.2) is 0 Å². The zero-order valence-corrected chi connectivity index (χ0v) is 11.3. The number of ether oxygens (including phenoxy) is 1. The molecule has 0 saturated carbocycles. The van der Waals surface area contributed by atoms with Crippen molar-refractivity contribution in [3.63, 3.8) is 0 Å². The van der Waals surface area contributed by atoms with Crippen molar-refractivity contribution in [1.29, 1.82) is 0 Å². The molecule has 19 heavy (non-hydrogen) atoms. The van der Waals surface area contributed by atoms with Crippen LogP contribution in [0.3, 0.4) is 0 Å². The lowest BCUT2D eigenvalue weighted by Gasteiger charge is -2.15. The summed E-state index contributed by atoms with van der Waals surface area (Å²) >= 11 is 0. The smallest absolute Gasteiger partial charge is 0.255 e. The molecule has 0 aromatic heterocycles. The molecular formula is C13H19N3O3. The van der Waals surface area contributed by atoms with Gasteiger partial charge in [-0.2, -0.15) is 0 Å². The minimum atomic E-state index is -0.626. The molecule has 1 aromatic carbocycles. The summed E-state index contributed by atoms with van der Waals surface area (Å²) in [6.07, 6.45) is 0. The van der Waals surface area contributed by atoms with Gasteiger partial charge in [-0.15, -0.1) is 0 Å². The van der Waals surface area contributed by atoms with Crippen molar-refractivity contribution in [3.8, 4) is 5.75 Å². The van der Waals surface area contributed by atoms with Gasteiger partial charge in [0, 0.05) is 12.2 Å². The first kappa shape index (κ1) is 14.8. The van der Waals surface area contributed by atoms with Gasteiger partial charge in [0.05, 0.1) is 12.7 Å². The van der Waals surface area contributed by atoms with Gasteiger partial charge in [-0.05, 0) is 32.0 Å². The molecule has 1 aromatic rings. The Hall–Kier alpha value is -2.24. The number of nitrogens with two attached hydrogens (primary N) is 1. The molecule has 4 N–H and O–H groups in total. The maximum atomic E-state index is 12.1. The molecular weight excluding hydrogens is 246 g/mol. The summed E-state index contributed by atoms with van der Waals surface area (Å²) in [6.45, 7) is 3.94. The molecule has 0 fully saturated rings. The molecule has 6 heteroatoms. The van der Waals surface area contributed by atoms with Crippen molar-refractivity contribution < 1.29 is 14.3 Å². The van der Waals surface area contributed by atoms with Crippen LogP contribution in [0.15, 0.2) is 18.2 Å². The zero-order valence-electron chi connectivity index (χ0n) is 11.3. The van der Waals surface area contributed by atoms with E-state index in [4.69, 9.17) is 10.5 Å². The molecule has 1 unspecified atom stereocenters. The van der Waals surface area contributed by atoms with Crippen molar-refractivity contribution in [3.05, 3.63) is 23.8 Å². The fourth-order valence-electron chi connectivity index (χ4n) is 1.57. The van der Waals surface area contributed by atoms with E-state index in [1.165, 1.54) is 13.2 Å². The van der Waals surface area contributed by atoms with Crippen LogP contribution in [-0.4, -0.2) is 31.5 Å². The van der Waals surface area contributed by atoms with E-state index >= 15 is 0 Å². The SMILES string of the molecule is CCNC(=O)C(C)NC(=O)c1cc(N)ccc1OC. The van der Waals surface area contributed by atoms with Crippen LogP contribution < -0.4 is 21.1 Å². The van der Waals surface area contributed by atoms with Crippen LogP contribution in [-0.2, 0) is 4.79 Å². The predicted molar refractivity (Wildman–Crippen MR) is 73.0 cm³/mol. The number of hydrogen-bond acceptors (Lipinski definition) is 4. The molecule has 1 rings (SSSR count). The summed E-state index contributed by atoms with van der Waals surface area (Å²) < 4.78 is 5.09. The number of anilines is 1. The third-order valence-electron chi connectivity index (χ3n) is 2.56. The lowest BCUT2D eigenvalue weighted by molar-refractivity contribution is -0.122. The zero-order chi connectivity index (χ0) is 14.4. The molecule has 2 amide bonds. The maximum Gasteiger partial charge on any atom is 0.255 e. The number of amides is 2. The van der Waals surface area contributed by atoms with E-state index in [0.29, 0.717) is 23.5 Å². The van der Waals surface area contributed by atoms with Crippen LogP contribution in [0.25, 0.3) is 0 Å². The van der Waals surface area contributed by atoms with E-state index in [1.54, 1.807) is 19.1 Å². The minimum Gasteiger partial charge on any atom is -0.496 e. The van der Waals surface area contributed by atoms with Crippen molar-refractivity contribution in [2.75, 3.05) is 19.4 Å². The van der Waals surface area contributed by atoms with Gasteiger partial charge >= 0.3 is 0 Å². The number of carbonyl (C=O) groups is 2. The van der Waals surface area contributed by atoms with Crippen LogP contribution in [0.5, 0.6) is 5.75 Å². The van der Waals surface area contributed by atoms with E-state index in [-0.39, 0.29) is 5.91 Å². The van der Waals surface area contributed by atoms with Gasteiger partial charge < -0.3 is 21.1 Å². The minimum absolute atomic E-state index is 0.237. The highest BCUT2D eigenvalue weighted by Crippen LogP contribution is 2.20. The number of benzene rings is 1. The third kappa shape index (κ3) is 3.87. The number of nitrogen functional groups attached to an aromatic ring is 1. The van der Waals surface area contributed by atoms with E-state index in [2.05, 4.69) is 10.6 Å². The van der Waals surface area contributed by atoms with Crippen molar-refractivity contribution in [2.45, 2.75) is 19.9 Å². The molecule has 1 atom stereocenters. The summed E-state index contributed by atoms with van der Waals surface area (Å²) in [7, 11) is 1.47. The second-order valence-electron chi connectivity index (χ2n) is 4.05. The summed E-state index contributed by atoms with van der Waals surface area (Å²) in [5, 5.41) is 5.23. The van der Waals surface area contributed by atoms with Crippen LogP contribution in [0.4, 0.5) is 5.69 Å². The molecule has 0 aliphatic rings. The Morgan fingerprint density at radius 3 is 2.68 bits per heavy atom. The Kier molecular flexibility index (Phi) is 5.17. The predicted octanol–water partition coefficient (Wildman–Crippen LogP) is 0.532. The summed E-state index contributed by atoms with van der Waals surface area (Å²) in [5.74, 6) is -0.226. The fourth-order valence-corrected chi connectivity index (χ4v) is 1.57. The van der Waals surface area contributed by atoms with Crippen molar-refractivity contribution >= 4 is 17.5 Å². The van der Waals surface area contributed by atoms with Gasteiger partial charge in [0.2, 0.25) is 5.91 Å². The Morgan fingerprint density at radius 1 is 1.42 bits per heavy atom. The number of rotatable bonds is 5. The first-order chi connectivity index (χ1) is 8.99. The van der Waals surface area contributed by atoms with Gasteiger partial charge in [-0.1, -0.05) is 0 Å². The number of methoxy groups -OCH3 is 1. The normalized spacial score (nSPS) is 11.5. The molecule has 0 saturated heterocycles. The molecule has 0 spiro atoms. The van der Waals surface area contributed by atoms with Gasteiger partial charge in [0.15, 0.2) is 0 Å². The summed E-state index contributed by atoms with van der Waals surface area (Å²) in [4.78, 5) is 23.6. The highest BCUT2D eigenvalue weighted by atomic mass is 16.5. The lowest BCUT2D eigenvalue weighted by atomic mass is 10.1. The number of likely N-dealkylation sites (N-methyl/N-ethyl adjacent to an activating group) is 1. The van der Waals surface area contributed by atoms with Gasteiger partial charge in [0.25, 0.3) is 5.91 Å². The first-order valence-corrected chi connectivity index (χ1v) is 6.01. The Morgan fingerprint density at radius 2 is 2.11 bits per heavy atom. The second-order valence-corrected chi connectivity index (χ2v) is 4.05.